The van der Waals surface area contributed by atoms with Gasteiger partial charge in [0.05, 0.1) is 7.11 Å². The predicted molar refractivity (Wildman–Crippen MR) is 115 cm³/mol. The van der Waals surface area contributed by atoms with Gasteiger partial charge in [-0.3, -0.25) is 4.79 Å². The van der Waals surface area contributed by atoms with Gasteiger partial charge < -0.3 is 20.1 Å². The molecule has 160 valence electrons. The van der Waals surface area contributed by atoms with Crippen LogP contribution in [-0.4, -0.2) is 36.7 Å². The summed E-state index contributed by atoms with van der Waals surface area (Å²) in [5.74, 6) is -0.679. The zero-order chi connectivity index (χ0) is 22.3. The van der Waals surface area contributed by atoms with Crippen molar-refractivity contribution in [1.29, 1.82) is 0 Å². The Morgan fingerprint density at radius 1 is 1.00 bits per heavy atom. The highest BCUT2D eigenvalue weighted by atomic mass is 16.6. The third-order valence-corrected chi connectivity index (χ3v) is 4.09. The number of ether oxygens (including phenoxy) is 2. The zero-order valence-electron chi connectivity index (χ0n) is 17.9. The maximum absolute atomic E-state index is 12.1. The van der Waals surface area contributed by atoms with Crippen LogP contribution in [0.25, 0.3) is 11.1 Å². The summed E-state index contributed by atoms with van der Waals surface area (Å²) >= 11 is 0. The van der Waals surface area contributed by atoms with Crippen molar-refractivity contribution in [2.75, 3.05) is 12.4 Å². The van der Waals surface area contributed by atoms with E-state index in [-0.39, 0.29) is 12.3 Å². The average Bonchev–Trinajstić information content (AvgIpc) is 2.65. The Kier molecular flexibility index (Phi) is 7.58. The van der Waals surface area contributed by atoms with Crippen LogP contribution in [0.4, 0.5) is 10.5 Å². The van der Waals surface area contributed by atoms with Gasteiger partial charge in [-0.05, 0) is 49.6 Å². The molecule has 2 aromatic rings. The largest absolute Gasteiger partial charge is 0.467 e. The van der Waals surface area contributed by atoms with E-state index in [1.165, 1.54) is 14.0 Å². The van der Waals surface area contributed by atoms with E-state index in [0.717, 1.165) is 22.4 Å². The first-order valence-corrected chi connectivity index (χ1v) is 9.61. The summed E-state index contributed by atoms with van der Waals surface area (Å²) in [6.45, 7) is 6.71. The number of hydrogen-bond donors (Lipinski definition) is 2. The van der Waals surface area contributed by atoms with Gasteiger partial charge in [-0.25, -0.2) is 9.59 Å². The van der Waals surface area contributed by atoms with E-state index < -0.39 is 23.7 Å². The van der Waals surface area contributed by atoms with Crippen molar-refractivity contribution in [3.63, 3.8) is 0 Å². The zero-order valence-corrected chi connectivity index (χ0v) is 17.9. The van der Waals surface area contributed by atoms with E-state index in [4.69, 9.17) is 9.47 Å². The molecule has 0 saturated carbocycles. The number of amides is 2. The van der Waals surface area contributed by atoms with E-state index in [9.17, 15) is 14.4 Å². The number of hydrogen-bond acceptors (Lipinski definition) is 5. The van der Waals surface area contributed by atoms with Crippen LogP contribution < -0.4 is 10.6 Å². The van der Waals surface area contributed by atoms with Gasteiger partial charge in [-0.2, -0.15) is 0 Å². The summed E-state index contributed by atoms with van der Waals surface area (Å²) in [4.78, 5) is 35.4. The maximum Gasteiger partial charge on any atom is 0.408 e. The Morgan fingerprint density at radius 3 is 2.23 bits per heavy atom. The first-order valence-electron chi connectivity index (χ1n) is 9.61. The molecular formula is C23H28N2O5. The molecule has 0 radical (unpaired) electrons. The summed E-state index contributed by atoms with van der Waals surface area (Å²) in [7, 11) is 1.28. The van der Waals surface area contributed by atoms with E-state index in [1.54, 1.807) is 20.8 Å². The van der Waals surface area contributed by atoms with Crippen molar-refractivity contribution in [2.24, 2.45) is 0 Å². The number of benzene rings is 2. The summed E-state index contributed by atoms with van der Waals surface area (Å²) < 4.78 is 10.0. The van der Waals surface area contributed by atoms with Crippen molar-refractivity contribution >= 4 is 23.7 Å². The van der Waals surface area contributed by atoms with Gasteiger partial charge in [0.1, 0.15) is 11.6 Å². The molecule has 30 heavy (non-hydrogen) atoms. The maximum atomic E-state index is 12.1. The lowest BCUT2D eigenvalue weighted by Crippen LogP contribution is -2.45. The monoisotopic (exact) mass is 412 g/mol. The van der Waals surface area contributed by atoms with Crippen LogP contribution in [0.5, 0.6) is 0 Å². The number of carbonyl (C=O) groups excluding carboxylic acids is 3. The smallest absolute Gasteiger partial charge is 0.408 e. The average molecular weight is 412 g/mol. The number of alkyl carbamates (subject to hydrolysis) is 1. The minimum atomic E-state index is -0.862. The lowest BCUT2D eigenvalue weighted by Gasteiger charge is -2.22. The van der Waals surface area contributed by atoms with Gasteiger partial charge in [0, 0.05) is 19.0 Å². The summed E-state index contributed by atoms with van der Waals surface area (Å²) in [5, 5.41) is 5.33. The minimum absolute atomic E-state index is 0.131. The molecule has 0 fully saturated rings. The Labute approximate surface area is 176 Å². The quantitative estimate of drug-likeness (QED) is 0.702. The molecule has 0 aliphatic rings. The van der Waals surface area contributed by atoms with Crippen LogP contribution in [0, 0.1) is 0 Å². The second kappa shape index (κ2) is 9.91. The molecule has 0 unspecified atom stereocenters. The Hall–Kier alpha value is -3.35. The molecule has 0 bridgehead atoms. The van der Waals surface area contributed by atoms with Crippen molar-refractivity contribution in [2.45, 2.75) is 45.8 Å². The van der Waals surface area contributed by atoms with Crippen LogP contribution in [0.3, 0.4) is 0 Å². The molecule has 2 amide bonds. The fourth-order valence-corrected chi connectivity index (χ4v) is 2.83. The third kappa shape index (κ3) is 7.24. The van der Waals surface area contributed by atoms with Crippen LogP contribution in [-0.2, 0) is 25.5 Å². The minimum Gasteiger partial charge on any atom is -0.467 e. The Bertz CT molecular complexity index is 901. The van der Waals surface area contributed by atoms with E-state index >= 15 is 0 Å². The lowest BCUT2D eigenvalue weighted by atomic mass is 10.0. The second-order valence-electron chi connectivity index (χ2n) is 7.89. The Balaban J connectivity index is 2.12. The van der Waals surface area contributed by atoms with Gasteiger partial charge in [0.25, 0.3) is 0 Å². The van der Waals surface area contributed by atoms with Crippen LogP contribution in [0.15, 0.2) is 48.5 Å². The van der Waals surface area contributed by atoms with Gasteiger partial charge >= 0.3 is 12.1 Å². The molecule has 7 heteroatoms. The molecule has 2 N–H and O–H groups in total. The number of anilines is 1. The van der Waals surface area contributed by atoms with Crippen molar-refractivity contribution in [1.82, 2.24) is 5.32 Å². The van der Waals surface area contributed by atoms with E-state index in [0.29, 0.717) is 0 Å². The third-order valence-electron chi connectivity index (χ3n) is 4.09. The van der Waals surface area contributed by atoms with Crippen LogP contribution in [0.1, 0.15) is 33.3 Å². The highest BCUT2D eigenvalue weighted by molar-refractivity contribution is 5.89. The van der Waals surface area contributed by atoms with Crippen molar-refractivity contribution in [3.05, 3.63) is 54.1 Å². The number of nitrogens with one attached hydrogen (secondary N) is 2. The molecule has 2 rings (SSSR count). The molecule has 2 aromatic carbocycles. The Morgan fingerprint density at radius 2 is 1.67 bits per heavy atom. The molecule has 0 aliphatic heterocycles. The number of methoxy groups -OCH3 is 1. The molecule has 0 aromatic heterocycles. The first kappa shape index (κ1) is 22.9. The molecule has 1 atom stereocenters. The molecule has 7 nitrogen and oxygen atoms in total. The van der Waals surface area contributed by atoms with Gasteiger partial charge in [-0.1, -0.05) is 36.4 Å². The first-order chi connectivity index (χ1) is 14.1. The summed E-state index contributed by atoms with van der Waals surface area (Å²) in [6, 6.07) is 14.3. The number of carbonyl (C=O) groups is 3. The van der Waals surface area contributed by atoms with Crippen LogP contribution in [0.2, 0.25) is 0 Å². The van der Waals surface area contributed by atoms with E-state index in [2.05, 4.69) is 10.6 Å². The molecule has 0 spiro atoms. The SMILES string of the molecule is COC(=O)[C@H](Cc1ccc(-c2cccc(NC(C)=O)c2)cc1)NC(=O)OC(C)(C)C. The van der Waals surface area contributed by atoms with Crippen molar-refractivity contribution < 1.29 is 23.9 Å². The number of rotatable bonds is 6. The van der Waals surface area contributed by atoms with Gasteiger partial charge in [0.15, 0.2) is 0 Å². The topological polar surface area (TPSA) is 93.7 Å². The van der Waals surface area contributed by atoms with Crippen LogP contribution >= 0.6 is 0 Å². The summed E-state index contributed by atoms with van der Waals surface area (Å²) in [5.41, 5.74) is 2.81. The molecular weight excluding hydrogens is 384 g/mol. The highest BCUT2D eigenvalue weighted by Crippen LogP contribution is 2.23. The predicted octanol–water partition coefficient (Wildman–Crippen LogP) is 3.92. The standard InChI is InChI=1S/C23H28N2O5/c1-15(26)24-19-8-6-7-18(14-19)17-11-9-16(10-12-17)13-20(21(27)29-5)25-22(28)30-23(2,3)4/h6-12,14,20H,13H2,1-5H3,(H,24,26)(H,25,28)/t20-/m0/s1. The normalized spacial score (nSPS) is 11.9. The highest BCUT2D eigenvalue weighted by Gasteiger charge is 2.25. The molecule has 0 aliphatic carbocycles. The molecule has 0 saturated heterocycles. The fourth-order valence-electron chi connectivity index (χ4n) is 2.83. The lowest BCUT2D eigenvalue weighted by molar-refractivity contribution is -0.143. The second-order valence-corrected chi connectivity index (χ2v) is 7.89. The van der Waals surface area contributed by atoms with Gasteiger partial charge in [0.2, 0.25) is 5.91 Å². The number of esters is 1. The van der Waals surface area contributed by atoms with E-state index in [1.807, 2.05) is 48.5 Å². The van der Waals surface area contributed by atoms with Crippen molar-refractivity contribution in [3.8, 4) is 11.1 Å². The molecule has 0 heterocycles. The summed E-state index contributed by atoms with van der Waals surface area (Å²) in [6.07, 6.45) is -0.415. The fraction of sp³-hybridized carbons (Fsp3) is 0.348. The van der Waals surface area contributed by atoms with Gasteiger partial charge in [-0.15, -0.1) is 0 Å².